The molecule has 1 amide bonds. The second-order valence-electron chi connectivity index (χ2n) is 6.74. The molecule has 0 fully saturated rings. The van der Waals surface area contributed by atoms with Gasteiger partial charge in [0, 0.05) is 10.8 Å². The summed E-state index contributed by atoms with van der Waals surface area (Å²) in [6.45, 7) is 6.85. The second-order valence-corrected chi connectivity index (χ2v) is 8.63. The van der Waals surface area contributed by atoms with Crippen LogP contribution in [0, 0.1) is 6.92 Å². The number of fused-ring (bicyclic) bond motifs is 1. The van der Waals surface area contributed by atoms with Gasteiger partial charge in [-0.05, 0) is 24.5 Å². The first kappa shape index (κ1) is 17.9. The maximum atomic E-state index is 12.7. The first-order valence-electron chi connectivity index (χ1n) is 8.79. The number of thiazole rings is 1. The maximum absolute atomic E-state index is 12.7. The number of hydrogen-bond acceptors (Lipinski definition) is 5. The monoisotopic (exact) mass is 396 g/mol. The Balaban J connectivity index is 1.59. The van der Waals surface area contributed by atoms with E-state index in [-0.39, 0.29) is 5.91 Å². The van der Waals surface area contributed by atoms with Crippen molar-refractivity contribution in [1.29, 1.82) is 0 Å². The number of aryl methyl sites for hydroxylation is 1. The Morgan fingerprint density at radius 2 is 2.04 bits per heavy atom. The van der Waals surface area contributed by atoms with Crippen LogP contribution in [0.3, 0.4) is 0 Å². The van der Waals surface area contributed by atoms with Gasteiger partial charge in [-0.2, -0.15) is 5.10 Å². The lowest BCUT2D eigenvalue weighted by molar-refractivity contribution is 0.103. The van der Waals surface area contributed by atoms with Crippen LogP contribution in [0.4, 0.5) is 5.13 Å². The van der Waals surface area contributed by atoms with Gasteiger partial charge in [0.2, 0.25) is 0 Å². The minimum absolute atomic E-state index is 0.119. The van der Waals surface area contributed by atoms with Gasteiger partial charge in [-0.3, -0.25) is 14.8 Å². The number of nitrogens with one attached hydrogen (secondary N) is 1. The predicted molar refractivity (Wildman–Crippen MR) is 112 cm³/mol. The van der Waals surface area contributed by atoms with Crippen molar-refractivity contribution >= 4 is 43.9 Å². The molecule has 0 aliphatic rings. The molecule has 0 spiro atoms. The largest absolute Gasteiger partial charge is 0.297 e. The van der Waals surface area contributed by atoms with Gasteiger partial charge in [0.25, 0.3) is 5.91 Å². The predicted octanol–water partition coefficient (Wildman–Crippen LogP) is 5.29. The zero-order chi connectivity index (χ0) is 19.0. The van der Waals surface area contributed by atoms with Crippen LogP contribution in [0.2, 0.25) is 0 Å². The number of aromatic nitrogens is 3. The van der Waals surface area contributed by atoms with Gasteiger partial charge in [-0.15, -0.1) is 22.7 Å². The molecule has 4 rings (SSSR count). The molecule has 0 bridgehead atoms. The summed E-state index contributed by atoms with van der Waals surface area (Å²) in [7, 11) is 0. The normalized spacial score (nSPS) is 11.4. The minimum Gasteiger partial charge on any atom is -0.297 e. The van der Waals surface area contributed by atoms with Gasteiger partial charge in [0.15, 0.2) is 5.13 Å². The number of anilines is 1. The van der Waals surface area contributed by atoms with Crippen molar-refractivity contribution < 1.29 is 4.79 Å². The summed E-state index contributed by atoms with van der Waals surface area (Å²) in [4.78, 5) is 18.9. The molecule has 1 aromatic carbocycles. The average molecular weight is 397 g/mol. The van der Waals surface area contributed by atoms with E-state index in [0.29, 0.717) is 22.5 Å². The number of amides is 1. The summed E-state index contributed by atoms with van der Waals surface area (Å²) in [5.74, 6) is 0.231. The van der Waals surface area contributed by atoms with Crippen LogP contribution in [-0.4, -0.2) is 20.7 Å². The van der Waals surface area contributed by atoms with Crippen LogP contribution in [0.15, 0.2) is 41.8 Å². The average Bonchev–Trinajstić information content (AvgIpc) is 3.34. The van der Waals surface area contributed by atoms with Crippen molar-refractivity contribution in [1.82, 2.24) is 14.8 Å². The van der Waals surface area contributed by atoms with Crippen molar-refractivity contribution in [2.24, 2.45) is 0 Å². The molecule has 0 unspecified atom stereocenters. The summed E-state index contributed by atoms with van der Waals surface area (Å²) in [6.07, 6.45) is 0. The Bertz CT molecular complexity index is 1090. The molecular weight excluding hydrogens is 376 g/mol. The first-order chi connectivity index (χ1) is 13.0. The second kappa shape index (κ2) is 7.25. The fourth-order valence-electron chi connectivity index (χ4n) is 2.86. The summed E-state index contributed by atoms with van der Waals surface area (Å²) in [5, 5.41) is 11.2. The fourth-order valence-corrected chi connectivity index (χ4v) is 4.78. The number of carbonyl (C=O) groups is 1. The summed E-state index contributed by atoms with van der Waals surface area (Å²) in [6, 6.07) is 12.1. The number of thiophene rings is 1. The van der Waals surface area contributed by atoms with Gasteiger partial charge in [-0.25, -0.2) is 4.98 Å². The first-order valence-corrected chi connectivity index (χ1v) is 10.5. The summed E-state index contributed by atoms with van der Waals surface area (Å²) in [5.41, 5.74) is 3.12. The third-order valence-electron chi connectivity index (χ3n) is 4.34. The van der Waals surface area contributed by atoms with Crippen LogP contribution in [0.25, 0.3) is 10.2 Å². The van der Waals surface area contributed by atoms with Crippen molar-refractivity contribution in [3.8, 4) is 0 Å². The Morgan fingerprint density at radius 1 is 1.26 bits per heavy atom. The highest BCUT2D eigenvalue weighted by molar-refractivity contribution is 7.20. The number of carbonyl (C=O) groups excluding carboxylic acids is 1. The summed E-state index contributed by atoms with van der Waals surface area (Å²) >= 11 is 2.93. The molecule has 0 saturated carbocycles. The minimum atomic E-state index is -0.119. The van der Waals surface area contributed by atoms with Crippen LogP contribution in [-0.2, 0) is 6.54 Å². The molecule has 0 radical (unpaired) electrons. The lowest BCUT2D eigenvalue weighted by Gasteiger charge is -2.02. The molecule has 27 heavy (non-hydrogen) atoms. The van der Waals surface area contributed by atoms with Gasteiger partial charge in [0.1, 0.15) is 4.83 Å². The standard InChI is InChI=1S/C20H20N4OS2/c1-12(2)16-11-26-20(21-16)22-18(25)17-9-15-13(3)23-24(19(15)27-17)10-14-7-5-4-6-8-14/h4-9,11-12H,10H2,1-3H3,(H,21,22,25). The highest BCUT2D eigenvalue weighted by Gasteiger charge is 2.18. The van der Waals surface area contributed by atoms with Crippen molar-refractivity contribution in [3.63, 3.8) is 0 Å². The Kier molecular flexibility index (Phi) is 4.80. The van der Waals surface area contributed by atoms with Crippen molar-refractivity contribution in [2.45, 2.75) is 33.2 Å². The number of hydrogen-bond donors (Lipinski definition) is 1. The van der Waals surface area contributed by atoms with Gasteiger partial charge >= 0.3 is 0 Å². The van der Waals surface area contributed by atoms with Gasteiger partial charge in [-0.1, -0.05) is 44.2 Å². The molecule has 3 aromatic heterocycles. The SMILES string of the molecule is Cc1nn(Cc2ccccc2)c2sc(C(=O)Nc3nc(C(C)C)cs3)cc12. The molecule has 3 heterocycles. The lowest BCUT2D eigenvalue weighted by atomic mass is 10.2. The van der Waals surface area contributed by atoms with E-state index in [1.807, 2.05) is 41.3 Å². The number of rotatable bonds is 5. The zero-order valence-corrected chi connectivity index (χ0v) is 17.0. The molecule has 0 saturated heterocycles. The van der Waals surface area contributed by atoms with E-state index in [0.717, 1.165) is 21.6 Å². The topological polar surface area (TPSA) is 59.8 Å². The van der Waals surface area contributed by atoms with Crippen LogP contribution >= 0.6 is 22.7 Å². The van der Waals surface area contributed by atoms with Gasteiger partial charge < -0.3 is 0 Å². The van der Waals surface area contributed by atoms with E-state index in [1.54, 1.807) is 0 Å². The van der Waals surface area contributed by atoms with Gasteiger partial charge in [0.05, 0.1) is 22.8 Å². The lowest BCUT2D eigenvalue weighted by Crippen LogP contribution is -2.10. The molecule has 7 heteroatoms. The van der Waals surface area contributed by atoms with E-state index in [9.17, 15) is 4.79 Å². The summed E-state index contributed by atoms with van der Waals surface area (Å²) < 4.78 is 1.97. The Labute approximate surface area is 165 Å². The number of benzene rings is 1. The van der Waals surface area contributed by atoms with E-state index in [1.165, 1.54) is 28.2 Å². The maximum Gasteiger partial charge on any atom is 0.267 e. The van der Waals surface area contributed by atoms with Crippen molar-refractivity contribution in [3.05, 3.63) is 63.6 Å². The molecule has 5 nitrogen and oxygen atoms in total. The van der Waals surface area contributed by atoms with Crippen LogP contribution in [0.5, 0.6) is 0 Å². The van der Waals surface area contributed by atoms with E-state index >= 15 is 0 Å². The molecule has 0 aliphatic heterocycles. The fraction of sp³-hybridized carbons (Fsp3) is 0.250. The molecular formula is C20H20N4OS2. The highest BCUT2D eigenvalue weighted by Crippen LogP contribution is 2.30. The zero-order valence-electron chi connectivity index (χ0n) is 15.4. The highest BCUT2D eigenvalue weighted by atomic mass is 32.1. The molecule has 0 aliphatic carbocycles. The smallest absolute Gasteiger partial charge is 0.267 e. The third kappa shape index (κ3) is 3.65. The van der Waals surface area contributed by atoms with Crippen molar-refractivity contribution in [2.75, 3.05) is 5.32 Å². The van der Waals surface area contributed by atoms with E-state index in [2.05, 4.69) is 41.4 Å². The van der Waals surface area contributed by atoms with Crippen LogP contribution in [0.1, 0.15) is 46.4 Å². The van der Waals surface area contributed by atoms with Crippen LogP contribution < -0.4 is 5.32 Å². The van der Waals surface area contributed by atoms with E-state index in [4.69, 9.17) is 0 Å². The molecule has 138 valence electrons. The Morgan fingerprint density at radius 3 is 2.74 bits per heavy atom. The number of nitrogens with zero attached hydrogens (tertiary/aromatic N) is 3. The Hall–Kier alpha value is -2.51. The molecule has 1 N–H and O–H groups in total. The third-order valence-corrected chi connectivity index (χ3v) is 6.26. The molecule has 0 atom stereocenters. The molecule has 4 aromatic rings. The quantitative estimate of drug-likeness (QED) is 0.499. The van der Waals surface area contributed by atoms with E-state index < -0.39 is 0 Å².